The fraction of sp³-hybridized carbons (Fsp3) is 0.333. The molecule has 2 heteroatoms. The highest BCUT2D eigenvalue weighted by Gasteiger charge is 2.21. The van der Waals surface area contributed by atoms with Crippen molar-refractivity contribution in [1.29, 1.82) is 0 Å². The summed E-state index contributed by atoms with van der Waals surface area (Å²) in [7, 11) is 0. The fourth-order valence-corrected chi connectivity index (χ4v) is 3.31. The van der Waals surface area contributed by atoms with E-state index in [9.17, 15) is 8.78 Å². The number of benzene rings is 2. The van der Waals surface area contributed by atoms with E-state index >= 15 is 0 Å². The smallest absolute Gasteiger partial charge is 0.142 e. The molecule has 0 bridgehead atoms. The highest BCUT2D eigenvalue weighted by atomic mass is 19.1. The predicted octanol–water partition coefficient (Wildman–Crippen LogP) is 5.27. The highest BCUT2D eigenvalue weighted by molar-refractivity contribution is 5.47. The van der Waals surface area contributed by atoms with Gasteiger partial charge in [-0.25, -0.2) is 8.78 Å². The van der Waals surface area contributed by atoms with E-state index in [4.69, 9.17) is 0 Å². The Kier molecular flexibility index (Phi) is 4.76. The number of hydrogen-bond donors (Lipinski definition) is 0. The molecule has 0 aliphatic heterocycles. The predicted molar refractivity (Wildman–Crippen MR) is 89.2 cm³/mol. The molecule has 0 spiro atoms. The van der Waals surface area contributed by atoms with Gasteiger partial charge in [0, 0.05) is 5.56 Å². The molecule has 23 heavy (non-hydrogen) atoms. The van der Waals surface area contributed by atoms with Gasteiger partial charge in [-0.2, -0.15) is 0 Å². The molecule has 0 saturated heterocycles. The maximum absolute atomic E-state index is 14.7. The second-order valence-corrected chi connectivity index (χ2v) is 6.22. The summed E-state index contributed by atoms with van der Waals surface area (Å²) < 4.78 is 27.6. The zero-order valence-electron chi connectivity index (χ0n) is 13.3. The van der Waals surface area contributed by atoms with E-state index in [1.807, 2.05) is 6.07 Å². The van der Waals surface area contributed by atoms with Crippen LogP contribution in [0, 0.1) is 29.4 Å². The first-order valence-electron chi connectivity index (χ1n) is 8.25. The molecule has 0 nitrogen and oxygen atoms in total. The van der Waals surface area contributed by atoms with Crippen LogP contribution in [-0.4, -0.2) is 0 Å². The van der Waals surface area contributed by atoms with E-state index in [1.54, 1.807) is 18.2 Å². The van der Waals surface area contributed by atoms with Crippen molar-refractivity contribution in [3.63, 3.8) is 0 Å². The lowest BCUT2D eigenvalue weighted by molar-refractivity contribution is 0.414. The largest absolute Gasteiger partial charge is 0.207 e. The lowest BCUT2D eigenvalue weighted by atomic mass is 9.81. The molecule has 2 aromatic rings. The van der Waals surface area contributed by atoms with Gasteiger partial charge >= 0.3 is 0 Å². The van der Waals surface area contributed by atoms with Gasteiger partial charge in [-0.15, -0.1) is 0 Å². The number of rotatable bonds is 2. The van der Waals surface area contributed by atoms with Crippen LogP contribution in [0.25, 0.3) is 0 Å². The molecule has 0 amide bonds. The Hall–Kier alpha value is -2.14. The number of fused-ring (bicyclic) bond motifs is 1. The third kappa shape index (κ3) is 3.62. The van der Waals surface area contributed by atoms with Gasteiger partial charge in [-0.1, -0.05) is 37.7 Å². The third-order valence-corrected chi connectivity index (χ3v) is 4.53. The summed E-state index contributed by atoms with van der Waals surface area (Å²) in [5.41, 5.74) is 3.09. The van der Waals surface area contributed by atoms with Crippen molar-refractivity contribution in [2.45, 2.75) is 39.0 Å². The molecule has 2 aromatic carbocycles. The Balaban J connectivity index is 1.85. The zero-order valence-corrected chi connectivity index (χ0v) is 13.3. The Morgan fingerprint density at radius 3 is 2.57 bits per heavy atom. The Labute approximate surface area is 136 Å². The van der Waals surface area contributed by atoms with Gasteiger partial charge in [0.2, 0.25) is 0 Å². The van der Waals surface area contributed by atoms with Gasteiger partial charge in [-0.3, -0.25) is 0 Å². The van der Waals surface area contributed by atoms with Crippen molar-refractivity contribution < 1.29 is 8.78 Å². The van der Waals surface area contributed by atoms with Crippen LogP contribution < -0.4 is 0 Å². The summed E-state index contributed by atoms with van der Waals surface area (Å²) in [6.07, 6.45) is 5.24. The lowest BCUT2D eigenvalue weighted by Crippen LogP contribution is -2.16. The van der Waals surface area contributed by atoms with E-state index < -0.39 is 0 Å². The van der Waals surface area contributed by atoms with Crippen LogP contribution >= 0.6 is 0 Å². The average molecular weight is 310 g/mol. The first kappa shape index (κ1) is 15.7. The van der Waals surface area contributed by atoms with Crippen molar-refractivity contribution in [2.75, 3.05) is 0 Å². The molecule has 0 heterocycles. The summed E-state index contributed by atoms with van der Waals surface area (Å²) >= 11 is 0. The van der Waals surface area contributed by atoms with Crippen LogP contribution in [0.15, 0.2) is 36.4 Å². The van der Waals surface area contributed by atoms with Gasteiger partial charge in [0.05, 0.1) is 5.56 Å². The van der Waals surface area contributed by atoms with Gasteiger partial charge < -0.3 is 0 Å². The van der Waals surface area contributed by atoms with E-state index in [-0.39, 0.29) is 11.6 Å². The van der Waals surface area contributed by atoms with Crippen molar-refractivity contribution in [2.24, 2.45) is 5.92 Å². The fourth-order valence-electron chi connectivity index (χ4n) is 3.31. The van der Waals surface area contributed by atoms with Crippen molar-refractivity contribution >= 4 is 0 Å². The molecular formula is C21H20F2. The van der Waals surface area contributed by atoms with Crippen LogP contribution in [-0.2, 0) is 12.8 Å². The van der Waals surface area contributed by atoms with Crippen LogP contribution in [0.5, 0.6) is 0 Å². The van der Waals surface area contributed by atoms with E-state index in [2.05, 4.69) is 18.8 Å². The molecule has 118 valence electrons. The molecular weight excluding hydrogens is 290 g/mol. The standard InChI is InChI=1S/C21H20F2/c1-2-3-16-7-13-20-18(14-16)10-9-17(21(20)23)8-4-15-5-11-19(22)12-6-15/h5-6,9-12,16H,2-3,7,13-14H2,1H3. The second kappa shape index (κ2) is 6.96. The summed E-state index contributed by atoms with van der Waals surface area (Å²) in [4.78, 5) is 0. The average Bonchev–Trinajstić information content (AvgIpc) is 2.56. The summed E-state index contributed by atoms with van der Waals surface area (Å²) in [6, 6.07) is 9.73. The molecule has 1 aliphatic carbocycles. The maximum Gasteiger partial charge on any atom is 0.142 e. The minimum absolute atomic E-state index is 0.174. The molecule has 0 saturated carbocycles. The van der Waals surface area contributed by atoms with Gasteiger partial charge in [0.1, 0.15) is 11.6 Å². The highest BCUT2D eigenvalue weighted by Crippen LogP contribution is 2.31. The first-order chi connectivity index (χ1) is 11.2. The Morgan fingerprint density at radius 1 is 1.04 bits per heavy atom. The van der Waals surface area contributed by atoms with Gasteiger partial charge in [-0.05, 0) is 66.6 Å². The Morgan fingerprint density at radius 2 is 1.83 bits per heavy atom. The van der Waals surface area contributed by atoms with Crippen molar-refractivity contribution in [3.05, 3.63) is 70.3 Å². The Bertz CT molecular complexity index is 748. The molecule has 0 N–H and O–H groups in total. The molecule has 3 rings (SSSR count). The summed E-state index contributed by atoms with van der Waals surface area (Å²) in [5, 5.41) is 0. The minimum Gasteiger partial charge on any atom is -0.207 e. The second-order valence-electron chi connectivity index (χ2n) is 6.22. The quantitative estimate of drug-likeness (QED) is 0.663. The molecule has 0 fully saturated rings. The minimum atomic E-state index is -0.294. The molecule has 0 radical (unpaired) electrons. The third-order valence-electron chi connectivity index (χ3n) is 4.53. The van der Waals surface area contributed by atoms with Crippen LogP contribution in [0.2, 0.25) is 0 Å². The monoisotopic (exact) mass is 310 g/mol. The van der Waals surface area contributed by atoms with Crippen molar-refractivity contribution in [3.8, 4) is 11.8 Å². The van der Waals surface area contributed by atoms with Crippen LogP contribution in [0.1, 0.15) is 48.4 Å². The van der Waals surface area contributed by atoms with Gasteiger partial charge in [0.15, 0.2) is 0 Å². The topological polar surface area (TPSA) is 0 Å². The summed E-state index contributed by atoms with van der Waals surface area (Å²) in [6.45, 7) is 2.20. The molecule has 1 aliphatic rings. The molecule has 1 atom stereocenters. The van der Waals surface area contributed by atoms with Crippen LogP contribution in [0.4, 0.5) is 8.78 Å². The molecule has 0 aromatic heterocycles. The zero-order chi connectivity index (χ0) is 16.2. The lowest BCUT2D eigenvalue weighted by Gasteiger charge is -2.25. The normalized spacial score (nSPS) is 16.4. The van der Waals surface area contributed by atoms with Gasteiger partial charge in [0.25, 0.3) is 0 Å². The SMILES string of the molecule is CCCC1CCc2c(ccc(C#Cc3ccc(F)cc3)c2F)C1. The van der Waals surface area contributed by atoms with E-state index in [1.165, 1.54) is 25.0 Å². The van der Waals surface area contributed by atoms with E-state index in [0.29, 0.717) is 17.0 Å². The maximum atomic E-state index is 14.7. The number of halogens is 2. The van der Waals surface area contributed by atoms with Crippen LogP contribution in [0.3, 0.4) is 0 Å². The van der Waals surface area contributed by atoms with Crippen molar-refractivity contribution in [1.82, 2.24) is 0 Å². The first-order valence-corrected chi connectivity index (χ1v) is 8.25. The molecule has 1 unspecified atom stereocenters. The van der Waals surface area contributed by atoms with E-state index in [0.717, 1.165) is 30.4 Å². The number of hydrogen-bond acceptors (Lipinski definition) is 0. The summed E-state index contributed by atoms with van der Waals surface area (Å²) in [5.74, 6) is 6.01.